The second-order valence-electron chi connectivity index (χ2n) is 7.70. The second-order valence-corrected chi connectivity index (χ2v) is 7.70. The van der Waals surface area contributed by atoms with Gasteiger partial charge in [0.25, 0.3) is 5.91 Å². The van der Waals surface area contributed by atoms with Gasteiger partial charge in [-0.05, 0) is 18.6 Å². The number of benzene rings is 2. The van der Waals surface area contributed by atoms with Gasteiger partial charge >= 0.3 is 0 Å². The van der Waals surface area contributed by atoms with E-state index in [-0.39, 0.29) is 5.91 Å². The van der Waals surface area contributed by atoms with Crippen LogP contribution in [0.1, 0.15) is 16.9 Å². The molecule has 0 saturated carbocycles. The van der Waals surface area contributed by atoms with Crippen LogP contribution < -0.4 is 19.9 Å². The molecule has 0 aliphatic carbocycles. The average molecular weight is 436 g/mol. The average Bonchev–Trinajstić information content (AvgIpc) is 2.86. The van der Waals surface area contributed by atoms with Gasteiger partial charge in [-0.2, -0.15) is 0 Å². The zero-order valence-corrected chi connectivity index (χ0v) is 18.6. The molecule has 1 aromatic heterocycles. The number of amides is 1. The number of carbonyl (C=O) groups is 1. The number of methoxy groups -OCH3 is 2. The summed E-state index contributed by atoms with van der Waals surface area (Å²) in [7, 11) is 3.33. The highest BCUT2D eigenvalue weighted by molar-refractivity contribution is 6.07. The van der Waals surface area contributed by atoms with Crippen LogP contribution in [0, 0.1) is 0 Å². The van der Waals surface area contributed by atoms with Crippen molar-refractivity contribution in [1.29, 1.82) is 0 Å². The number of ether oxygens (including phenoxy) is 2. The van der Waals surface area contributed by atoms with Crippen molar-refractivity contribution >= 4 is 28.2 Å². The number of anilines is 2. The minimum Gasteiger partial charge on any atom is -0.497 e. The molecule has 0 radical (unpaired) electrons. The molecular formula is C24H29N5O3. The van der Waals surface area contributed by atoms with Crippen LogP contribution in [0.2, 0.25) is 0 Å². The first-order chi connectivity index (χ1) is 15.7. The highest BCUT2D eigenvalue weighted by Gasteiger charge is 2.23. The van der Waals surface area contributed by atoms with E-state index in [1.807, 2.05) is 36.4 Å². The fourth-order valence-corrected chi connectivity index (χ4v) is 3.98. The van der Waals surface area contributed by atoms with Gasteiger partial charge in [-0.25, -0.2) is 0 Å². The standard InChI is InChI=1S/C24H29N5O3/c1-31-16-6-11-25-24(30)22-20-9-3-4-10-21(20)23(27-26-22)29-14-12-28(13-15-29)18-7-5-8-19(17-18)32-2/h3-5,7-10,17H,6,11-16H2,1-2H3,(H,25,30). The fourth-order valence-electron chi connectivity index (χ4n) is 3.98. The predicted molar refractivity (Wildman–Crippen MR) is 126 cm³/mol. The van der Waals surface area contributed by atoms with Crippen LogP contribution in [0.3, 0.4) is 0 Å². The zero-order valence-electron chi connectivity index (χ0n) is 18.6. The van der Waals surface area contributed by atoms with E-state index in [4.69, 9.17) is 9.47 Å². The highest BCUT2D eigenvalue weighted by Crippen LogP contribution is 2.28. The quantitative estimate of drug-likeness (QED) is 0.545. The number of hydrogen-bond donors (Lipinski definition) is 1. The molecule has 1 fully saturated rings. The van der Waals surface area contributed by atoms with E-state index in [0.717, 1.165) is 60.6 Å². The first-order valence-electron chi connectivity index (χ1n) is 10.9. The Balaban J connectivity index is 1.50. The number of piperazine rings is 1. The molecule has 8 heteroatoms. The Labute approximate surface area is 188 Å². The van der Waals surface area contributed by atoms with Gasteiger partial charge in [0.1, 0.15) is 5.75 Å². The molecule has 1 N–H and O–H groups in total. The highest BCUT2D eigenvalue weighted by atomic mass is 16.5. The van der Waals surface area contributed by atoms with Crippen LogP contribution in [0.4, 0.5) is 11.5 Å². The van der Waals surface area contributed by atoms with Crippen molar-refractivity contribution in [3.05, 3.63) is 54.2 Å². The van der Waals surface area contributed by atoms with Crippen LogP contribution in [0.15, 0.2) is 48.5 Å². The van der Waals surface area contributed by atoms with E-state index < -0.39 is 0 Å². The normalized spacial score (nSPS) is 13.9. The Morgan fingerprint density at radius 2 is 1.72 bits per heavy atom. The fraction of sp³-hybridized carbons (Fsp3) is 0.375. The first-order valence-corrected chi connectivity index (χ1v) is 10.9. The topological polar surface area (TPSA) is 79.8 Å². The van der Waals surface area contributed by atoms with Gasteiger partial charge < -0.3 is 24.6 Å². The lowest BCUT2D eigenvalue weighted by Crippen LogP contribution is -2.47. The number of nitrogens with zero attached hydrogens (tertiary/aromatic N) is 4. The van der Waals surface area contributed by atoms with Crippen LogP contribution in [0.25, 0.3) is 10.8 Å². The monoisotopic (exact) mass is 435 g/mol. The molecule has 0 spiro atoms. The summed E-state index contributed by atoms with van der Waals surface area (Å²) in [6.45, 7) is 4.51. The van der Waals surface area contributed by atoms with Gasteiger partial charge in [0.15, 0.2) is 11.5 Å². The SMILES string of the molecule is COCCCNC(=O)c1nnc(N2CCN(c3cccc(OC)c3)CC2)c2ccccc12. The van der Waals surface area contributed by atoms with Crippen molar-refractivity contribution in [2.45, 2.75) is 6.42 Å². The summed E-state index contributed by atoms with van der Waals surface area (Å²) < 4.78 is 10.4. The molecule has 2 heterocycles. The molecule has 1 amide bonds. The molecule has 1 aliphatic rings. The van der Waals surface area contributed by atoms with Gasteiger partial charge in [0.05, 0.1) is 7.11 Å². The lowest BCUT2D eigenvalue weighted by Gasteiger charge is -2.37. The van der Waals surface area contributed by atoms with Gasteiger partial charge in [-0.3, -0.25) is 4.79 Å². The summed E-state index contributed by atoms with van der Waals surface area (Å²) in [6, 6.07) is 16.0. The van der Waals surface area contributed by atoms with Gasteiger partial charge in [-0.15, -0.1) is 10.2 Å². The van der Waals surface area contributed by atoms with E-state index in [9.17, 15) is 4.79 Å². The Morgan fingerprint density at radius 1 is 0.969 bits per heavy atom. The van der Waals surface area contributed by atoms with Crippen LogP contribution in [-0.4, -0.2) is 69.7 Å². The van der Waals surface area contributed by atoms with Crippen molar-refractivity contribution in [1.82, 2.24) is 15.5 Å². The summed E-state index contributed by atoms with van der Waals surface area (Å²) in [6.07, 6.45) is 0.753. The number of hydrogen-bond acceptors (Lipinski definition) is 7. The molecule has 3 aromatic rings. The maximum Gasteiger partial charge on any atom is 0.272 e. The van der Waals surface area contributed by atoms with E-state index >= 15 is 0 Å². The van der Waals surface area contributed by atoms with Gasteiger partial charge in [-0.1, -0.05) is 30.3 Å². The second kappa shape index (κ2) is 10.3. The van der Waals surface area contributed by atoms with Crippen molar-refractivity contribution in [2.75, 3.05) is 63.4 Å². The number of rotatable bonds is 8. The smallest absolute Gasteiger partial charge is 0.272 e. The van der Waals surface area contributed by atoms with Crippen LogP contribution >= 0.6 is 0 Å². The van der Waals surface area contributed by atoms with Crippen LogP contribution in [-0.2, 0) is 4.74 Å². The molecule has 1 saturated heterocycles. The largest absolute Gasteiger partial charge is 0.497 e. The van der Waals surface area contributed by atoms with Crippen molar-refractivity contribution in [3.8, 4) is 5.75 Å². The molecule has 1 aliphatic heterocycles. The molecular weight excluding hydrogens is 406 g/mol. The molecule has 0 atom stereocenters. The third kappa shape index (κ3) is 4.75. The summed E-state index contributed by atoms with van der Waals surface area (Å²) in [5, 5.41) is 13.5. The molecule has 8 nitrogen and oxygen atoms in total. The Kier molecular flexibility index (Phi) is 7.01. The lowest BCUT2D eigenvalue weighted by atomic mass is 10.1. The summed E-state index contributed by atoms with van der Waals surface area (Å²) >= 11 is 0. The maximum absolute atomic E-state index is 12.7. The Morgan fingerprint density at radius 3 is 2.47 bits per heavy atom. The third-order valence-electron chi connectivity index (χ3n) is 5.69. The number of nitrogens with one attached hydrogen (secondary N) is 1. The van der Waals surface area contributed by atoms with E-state index in [1.54, 1.807) is 14.2 Å². The van der Waals surface area contributed by atoms with Crippen molar-refractivity contribution < 1.29 is 14.3 Å². The van der Waals surface area contributed by atoms with Crippen LogP contribution in [0.5, 0.6) is 5.75 Å². The number of aromatic nitrogens is 2. The van der Waals surface area contributed by atoms with Crippen molar-refractivity contribution in [2.24, 2.45) is 0 Å². The Hall–Kier alpha value is -3.39. The lowest BCUT2D eigenvalue weighted by molar-refractivity contribution is 0.0944. The summed E-state index contributed by atoms with van der Waals surface area (Å²) in [5.41, 5.74) is 1.51. The van der Waals surface area contributed by atoms with Crippen molar-refractivity contribution in [3.63, 3.8) is 0 Å². The molecule has 168 valence electrons. The zero-order chi connectivity index (χ0) is 22.3. The number of fused-ring (bicyclic) bond motifs is 1. The first kappa shape index (κ1) is 21.8. The van der Waals surface area contributed by atoms with Gasteiger partial charge in [0, 0.05) is 69.0 Å². The number of carbonyl (C=O) groups excluding carboxylic acids is 1. The maximum atomic E-state index is 12.7. The molecule has 0 bridgehead atoms. The van der Waals surface area contributed by atoms with E-state index in [1.165, 1.54) is 0 Å². The Bertz CT molecular complexity index is 1070. The summed E-state index contributed by atoms with van der Waals surface area (Å²) in [4.78, 5) is 17.3. The molecule has 32 heavy (non-hydrogen) atoms. The van der Waals surface area contributed by atoms with Gasteiger partial charge in [0.2, 0.25) is 0 Å². The molecule has 2 aromatic carbocycles. The third-order valence-corrected chi connectivity index (χ3v) is 5.69. The van der Waals surface area contributed by atoms with E-state index in [0.29, 0.717) is 18.8 Å². The van der Waals surface area contributed by atoms with E-state index in [2.05, 4.69) is 37.4 Å². The minimum atomic E-state index is -0.209. The molecule has 4 rings (SSSR count). The predicted octanol–water partition coefficient (Wildman–Crippen LogP) is 2.73. The minimum absolute atomic E-state index is 0.209. The summed E-state index contributed by atoms with van der Waals surface area (Å²) in [5.74, 6) is 1.47. The molecule has 0 unspecified atom stereocenters.